The first-order valence-electron chi connectivity index (χ1n) is 7.58. The molecule has 0 heterocycles. The molecule has 0 saturated heterocycles. The molecular formula is C15H29KO3. The molecule has 0 amide bonds. The number of unbranched alkanes of at least 4 members (excludes halogenated alkanes) is 11. The Morgan fingerprint density at radius 2 is 1.00 bits per heavy atom. The van der Waals surface area contributed by atoms with Crippen LogP contribution in [0.5, 0.6) is 0 Å². The van der Waals surface area contributed by atoms with Gasteiger partial charge in [-0.15, -0.1) is 0 Å². The second-order valence-electron chi connectivity index (χ2n) is 5.09. The Morgan fingerprint density at radius 1 is 0.684 bits per heavy atom. The smallest absolute Gasteiger partial charge is 0.550 e. The van der Waals surface area contributed by atoms with Gasteiger partial charge in [0.1, 0.15) is 0 Å². The van der Waals surface area contributed by atoms with E-state index in [1.54, 1.807) is 0 Å². The summed E-state index contributed by atoms with van der Waals surface area (Å²) in [6.45, 7) is 0.331. The number of rotatable bonds is 14. The van der Waals surface area contributed by atoms with Gasteiger partial charge in [-0.05, 0) is 19.3 Å². The van der Waals surface area contributed by atoms with Gasteiger partial charge in [-0.2, -0.15) is 0 Å². The van der Waals surface area contributed by atoms with Gasteiger partial charge in [0.25, 0.3) is 0 Å². The number of aliphatic hydroxyl groups is 1. The molecule has 0 radical (unpaired) electrons. The molecule has 0 aromatic carbocycles. The largest absolute Gasteiger partial charge is 1.00 e. The number of hydrogen-bond donors (Lipinski definition) is 1. The molecule has 0 unspecified atom stereocenters. The molecule has 0 aliphatic carbocycles. The number of hydrogen-bond acceptors (Lipinski definition) is 3. The van der Waals surface area contributed by atoms with Gasteiger partial charge >= 0.3 is 51.4 Å². The predicted molar refractivity (Wildman–Crippen MR) is 72.1 cm³/mol. The van der Waals surface area contributed by atoms with Crippen molar-refractivity contribution in [3.8, 4) is 0 Å². The Balaban J connectivity index is 0. The number of carbonyl (C=O) groups excluding carboxylic acids is 1. The van der Waals surface area contributed by atoms with E-state index in [1.807, 2.05) is 0 Å². The number of aliphatic hydroxyl groups excluding tert-OH is 1. The van der Waals surface area contributed by atoms with Crippen LogP contribution in [0.3, 0.4) is 0 Å². The van der Waals surface area contributed by atoms with Crippen molar-refractivity contribution in [3.63, 3.8) is 0 Å². The van der Waals surface area contributed by atoms with Crippen LogP contribution in [0.1, 0.15) is 83.5 Å². The normalized spacial score (nSPS) is 10.2. The molecule has 19 heavy (non-hydrogen) atoms. The summed E-state index contributed by atoms with van der Waals surface area (Å²) in [6.07, 6.45) is 14.3. The van der Waals surface area contributed by atoms with Crippen molar-refractivity contribution >= 4 is 5.97 Å². The maximum Gasteiger partial charge on any atom is 1.00 e. The molecule has 0 spiro atoms. The fourth-order valence-corrected chi connectivity index (χ4v) is 2.15. The van der Waals surface area contributed by atoms with E-state index < -0.39 is 5.97 Å². The number of carboxylic acids is 1. The van der Waals surface area contributed by atoms with Gasteiger partial charge < -0.3 is 15.0 Å². The van der Waals surface area contributed by atoms with E-state index in [0.717, 1.165) is 32.1 Å². The minimum Gasteiger partial charge on any atom is -0.550 e. The molecule has 108 valence electrons. The summed E-state index contributed by atoms with van der Waals surface area (Å²) in [4.78, 5) is 10.2. The zero-order valence-electron chi connectivity index (χ0n) is 12.7. The van der Waals surface area contributed by atoms with Crippen LogP contribution in [0.2, 0.25) is 0 Å². The van der Waals surface area contributed by atoms with Crippen molar-refractivity contribution < 1.29 is 66.4 Å². The van der Waals surface area contributed by atoms with Crippen LogP contribution in [-0.2, 0) is 4.79 Å². The third-order valence-electron chi connectivity index (χ3n) is 3.29. The summed E-state index contributed by atoms with van der Waals surface area (Å²) < 4.78 is 0. The van der Waals surface area contributed by atoms with Crippen LogP contribution in [0, 0.1) is 0 Å². The standard InChI is InChI=1S/C15H30O3.K/c16-14-12-10-8-6-4-2-1-3-5-7-9-11-13-15(17)18;/h16H,1-14H2,(H,17,18);/q;+1/p-1. The van der Waals surface area contributed by atoms with Gasteiger partial charge in [0, 0.05) is 12.6 Å². The average molecular weight is 296 g/mol. The molecule has 0 bridgehead atoms. The van der Waals surface area contributed by atoms with Gasteiger partial charge in [0.2, 0.25) is 0 Å². The predicted octanol–water partition coefficient (Wildman–Crippen LogP) is -0.196. The number of aliphatic carboxylic acids is 1. The van der Waals surface area contributed by atoms with Crippen LogP contribution >= 0.6 is 0 Å². The van der Waals surface area contributed by atoms with Crippen LogP contribution < -0.4 is 56.5 Å². The minimum atomic E-state index is -0.920. The summed E-state index contributed by atoms with van der Waals surface area (Å²) in [5, 5.41) is 18.8. The quantitative estimate of drug-likeness (QED) is 0.357. The fourth-order valence-electron chi connectivity index (χ4n) is 2.15. The average Bonchev–Trinajstić information content (AvgIpc) is 2.34. The van der Waals surface area contributed by atoms with Crippen LogP contribution in [0.25, 0.3) is 0 Å². The fraction of sp³-hybridized carbons (Fsp3) is 0.933. The molecule has 0 rings (SSSR count). The van der Waals surface area contributed by atoms with Gasteiger partial charge in [-0.3, -0.25) is 0 Å². The molecule has 0 aliphatic rings. The Hall–Kier alpha value is 1.07. The van der Waals surface area contributed by atoms with E-state index in [1.165, 1.54) is 44.9 Å². The first-order valence-corrected chi connectivity index (χ1v) is 7.58. The molecule has 0 aliphatic heterocycles. The van der Waals surface area contributed by atoms with Gasteiger partial charge in [-0.25, -0.2) is 0 Å². The first-order chi connectivity index (χ1) is 8.77. The van der Waals surface area contributed by atoms with Crippen molar-refractivity contribution in [2.75, 3.05) is 6.61 Å². The third kappa shape index (κ3) is 21.5. The summed E-state index contributed by atoms with van der Waals surface area (Å²) in [6, 6.07) is 0. The summed E-state index contributed by atoms with van der Waals surface area (Å²) in [5.74, 6) is -0.920. The zero-order valence-corrected chi connectivity index (χ0v) is 15.8. The monoisotopic (exact) mass is 296 g/mol. The van der Waals surface area contributed by atoms with E-state index in [0.29, 0.717) is 6.61 Å². The van der Waals surface area contributed by atoms with Crippen molar-refractivity contribution in [1.82, 2.24) is 0 Å². The second kappa shape index (κ2) is 19.1. The van der Waals surface area contributed by atoms with Gasteiger partial charge in [0.15, 0.2) is 0 Å². The Kier molecular flexibility index (Phi) is 22.4. The topological polar surface area (TPSA) is 60.4 Å². The summed E-state index contributed by atoms with van der Waals surface area (Å²) >= 11 is 0. The van der Waals surface area contributed by atoms with E-state index in [-0.39, 0.29) is 57.8 Å². The third-order valence-corrected chi connectivity index (χ3v) is 3.29. The maximum atomic E-state index is 10.2. The number of carboxylic acid groups (broad SMARTS) is 1. The van der Waals surface area contributed by atoms with E-state index in [4.69, 9.17) is 5.11 Å². The SMILES string of the molecule is O=C([O-])CCCCCCCCCCCCCCO.[K+]. The van der Waals surface area contributed by atoms with Crippen molar-refractivity contribution in [3.05, 3.63) is 0 Å². The van der Waals surface area contributed by atoms with E-state index in [2.05, 4.69) is 0 Å². The van der Waals surface area contributed by atoms with E-state index >= 15 is 0 Å². The molecular weight excluding hydrogens is 267 g/mol. The maximum absolute atomic E-state index is 10.2. The van der Waals surface area contributed by atoms with Crippen molar-refractivity contribution in [1.29, 1.82) is 0 Å². The molecule has 0 saturated carbocycles. The molecule has 0 aromatic heterocycles. The molecule has 4 heteroatoms. The molecule has 0 aromatic rings. The molecule has 0 atom stereocenters. The number of carbonyl (C=O) groups is 1. The van der Waals surface area contributed by atoms with Crippen molar-refractivity contribution in [2.45, 2.75) is 83.5 Å². The molecule has 0 fully saturated rings. The Morgan fingerprint density at radius 3 is 1.32 bits per heavy atom. The van der Waals surface area contributed by atoms with Crippen molar-refractivity contribution in [2.24, 2.45) is 0 Å². The minimum absolute atomic E-state index is 0. The van der Waals surface area contributed by atoms with Gasteiger partial charge in [-0.1, -0.05) is 64.2 Å². The Labute approximate surface area is 161 Å². The van der Waals surface area contributed by atoms with Crippen LogP contribution in [0.4, 0.5) is 0 Å². The second-order valence-corrected chi connectivity index (χ2v) is 5.09. The van der Waals surface area contributed by atoms with E-state index in [9.17, 15) is 9.90 Å². The summed E-state index contributed by atoms with van der Waals surface area (Å²) in [7, 11) is 0. The van der Waals surface area contributed by atoms with Gasteiger partial charge in [0.05, 0.1) is 0 Å². The molecule has 3 nitrogen and oxygen atoms in total. The first kappa shape index (κ1) is 22.3. The summed E-state index contributed by atoms with van der Waals surface area (Å²) in [5.41, 5.74) is 0. The van der Waals surface area contributed by atoms with Crippen LogP contribution in [-0.4, -0.2) is 17.7 Å². The zero-order chi connectivity index (χ0) is 13.5. The van der Waals surface area contributed by atoms with Crippen LogP contribution in [0.15, 0.2) is 0 Å². The molecule has 1 N–H and O–H groups in total. The Bertz CT molecular complexity index is 186.